The largest absolute Gasteiger partial charge is 0.505 e. The quantitative estimate of drug-likeness (QED) is 0.729. The van der Waals surface area contributed by atoms with Crippen molar-refractivity contribution in [3.05, 3.63) is 62.9 Å². The number of benzene rings is 1. The van der Waals surface area contributed by atoms with Gasteiger partial charge in [-0.3, -0.25) is 4.79 Å². The van der Waals surface area contributed by atoms with E-state index < -0.39 is 11.4 Å². The molecule has 2 aromatic heterocycles. The molecule has 0 aliphatic carbocycles. The van der Waals surface area contributed by atoms with Gasteiger partial charge in [-0.2, -0.15) is 5.10 Å². The van der Waals surface area contributed by atoms with Crippen LogP contribution in [0.25, 0.3) is 11.1 Å². The summed E-state index contributed by atoms with van der Waals surface area (Å²) in [6, 6.07) is 6.02. The van der Waals surface area contributed by atoms with E-state index in [-0.39, 0.29) is 22.2 Å². The number of hydrogen-bond acceptors (Lipinski definition) is 5. The first-order valence-electron chi connectivity index (χ1n) is 8.20. The summed E-state index contributed by atoms with van der Waals surface area (Å²) in [7, 11) is 1.52. The van der Waals surface area contributed by atoms with Crippen molar-refractivity contribution in [2.75, 3.05) is 0 Å². The summed E-state index contributed by atoms with van der Waals surface area (Å²) in [5.41, 5.74) is 1.43. The summed E-state index contributed by atoms with van der Waals surface area (Å²) in [5, 5.41) is 14.5. The summed E-state index contributed by atoms with van der Waals surface area (Å²) in [5.74, 6) is -0.688. The Kier molecular flexibility index (Phi) is 5.14. The van der Waals surface area contributed by atoms with Crippen LogP contribution in [-0.4, -0.2) is 19.9 Å². The van der Waals surface area contributed by atoms with Gasteiger partial charge in [0.2, 0.25) is 0 Å². The number of ether oxygens (including phenoxy) is 1. The highest BCUT2D eigenvalue weighted by Crippen LogP contribution is 2.34. The lowest BCUT2D eigenvalue weighted by Gasteiger charge is -2.14. The fourth-order valence-corrected chi connectivity index (χ4v) is 2.91. The molecule has 6 nitrogen and oxygen atoms in total. The number of hydrogen-bond donors (Lipinski definition) is 1. The molecule has 0 bridgehead atoms. The Bertz CT molecular complexity index is 1080. The van der Waals surface area contributed by atoms with Gasteiger partial charge in [-0.05, 0) is 42.7 Å². The molecule has 140 valence electrons. The summed E-state index contributed by atoms with van der Waals surface area (Å²) in [6.07, 6.45) is 1.85. The highest BCUT2D eigenvalue weighted by atomic mass is 35.5. The highest BCUT2D eigenvalue weighted by Gasteiger charge is 2.18. The van der Waals surface area contributed by atoms with Crippen LogP contribution < -0.4 is 10.3 Å². The smallest absolute Gasteiger partial charge is 0.278 e. The molecular weight excluding hydrogens is 373 g/mol. The van der Waals surface area contributed by atoms with Crippen molar-refractivity contribution in [2.45, 2.75) is 20.3 Å². The van der Waals surface area contributed by atoms with Gasteiger partial charge in [0, 0.05) is 13.2 Å². The third kappa shape index (κ3) is 3.64. The first kappa shape index (κ1) is 18.8. The lowest BCUT2D eigenvalue weighted by molar-refractivity contribution is 0.422. The van der Waals surface area contributed by atoms with Crippen LogP contribution in [0.1, 0.15) is 18.2 Å². The SMILES string of the molecule is CCc1cc(Oc2ncc(Cl)cc2F)ccc1-c1c(O)c(C)nn(C)c1=O. The van der Waals surface area contributed by atoms with Crippen LogP contribution >= 0.6 is 11.6 Å². The number of halogens is 2. The van der Waals surface area contributed by atoms with Crippen molar-refractivity contribution in [1.82, 2.24) is 14.8 Å². The van der Waals surface area contributed by atoms with Crippen LogP contribution in [0.5, 0.6) is 17.4 Å². The van der Waals surface area contributed by atoms with Crippen LogP contribution in [0.15, 0.2) is 35.3 Å². The predicted molar refractivity (Wildman–Crippen MR) is 100.0 cm³/mol. The molecule has 0 spiro atoms. The topological polar surface area (TPSA) is 77.2 Å². The van der Waals surface area contributed by atoms with E-state index in [9.17, 15) is 14.3 Å². The average Bonchev–Trinajstić information content (AvgIpc) is 2.63. The van der Waals surface area contributed by atoms with Gasteiger partial charge in [0.1, 0.15) is 11.4 Å². The zero-order chi connectivity index (χ0) is 19.7. The molecule has 0 atom stereocenters. The highest BCUT2D eigenvalue weighted by molar-refractivity contribution is 6.30. The molecule has 0 aliphatic rings. The van der Waals surface area contributed by atoms with Gasteiger partial charge in [0.25, 0.3) is 11.4 Å². The molecule has 3 rings (SSSR count). The minimum absolute atomic E-state index is 0.160. The molecule has 27 heavy (non-hydrogen) atoms. The first-order chi connectivity index (χ1) is 12.8. The zero-order valence-electron chi connectivity index (χ0n) is 15.0. The molecule has 1 aromatic carbocycles. The molecule has 0 saturated heterocycles. The summed E-state index contributed by atoms with van der Waals surface area (Å²) in [4.78, 5) is 16.3. The van der Waals surface area contributed by atoms with Crippen molar-refractivity contribution in [3.63, 3.8) is 0 Å². The van der Waals surface area contributed by atoms with E-state index >= 15 is 0 Å². The molecule has 0 amide bonds. The molecule has 0 saturated carbocycles. The van der Waals surface area contributed by atoms with Crippen LogP contribution in [0, 0.1) is 12.7 Å². The van der Waals surface area contributed by atoms with E-state index in [0.717, 1.165) is 11.6 Å². The molecule has 3 aromatic rings. The Morgan fingerprint density at radius 1 is 1.33 bits per heavy atom. The van der Waals surface area contributed by atoms with Gasteiger partial charge >= 0.3 is 0 Å². The Labute approximate surface area is 159 Å². The zero-order valence-corrected chi connectivity index (χ0v) is 15.7. The molecule has 2 heterocycles. The second kappa shape index (κ2) is 7.36. The van der Waals surface area contributed by atoms with Crippen LogP contribution in [0.3, 0.4) is 0 Å². The summed E-state index contributed by atoms with van der Waals surface area (Å²) >= 11 is 5.69. The lowest BCUT2D eigenvalue weighted by atomic mass is 9.98. The van der Waals surface area contributed by atoms with Crippen LogP contribution in [0.2, 0.25) is 5.02 Å². The molecule has 0 unspecified atom stereocenters. The third-order valence-corrected chi connectivity index (χ3v) is 4.31. The summed E-state index contributed by atoms with van der Waals surface area (Å²) < 4.78 is 20.6. The second-order valence-electron chi connectivity index (χ2n) is 5.95. The maximum absolute atomic E-state index is 13.9. The van der Waals surface area contributed by atoms with Crippen molar-refractivity contribution in [3.8, 4) is 28.5 Å². The second-order valence-corrected chi connectivity index (χ2v) is 6.39. The van der Waals surface area contributed by atoms with Gasteiger partial charge in [0.15, 0.2) is 11.6 Å². The van der Waals surface area contributed by atoms with Crippen molar-refractivity contribution in [2.24, 2.45) is 7.05 Å². The molecule has 0 radical (unpaired) electrons. The van der Waals surface area contributed by atoms with E-state index in [0.29, 0.717) is 23.4 Å². The van der Waals surface area contributed by atoms with Gasteiger partial charge in [-0.15, -0.1) is 0 Å². The number of nitrogens with zero attached hydrogens (tertiary/aromatic N) is 3. The van der Waals surface area contributed by atoms with Crippen molar-refractivity contribution in [1.29, 1.82) is 0 Å². The van der Waals surface area contributed by atoms with Gasteiger partial charge in [-0.1, -0.05) is 24.6 Å². The van der Waals surface area contributed by atoms with E-state index in [1.165, 1.54) is 17.9 Å². The average molecular weight is 390 g/mol. The maximum atomic E-state index is 13.9. The molecule has 0 fully saturated rings. The van der Waals surface area contributed by atoms with E-state index in [2.05, 4.69) is 10.1 Å². The standard InChI is InChI=1S/C19H17ClFN3O3/c1-4-11-7-13(27-18-15(21)8-12(20)9-22-18)5-6-14(11)16-17(25)10(2)23-24(3)19(16)26/h5-9,25H,4H2,1-3H3. The first-order valence-corrected chi connectivity index (χ1v) is 8.58. The molecule has 0 aliphatic heterocycles. The Balaban J connectivity index is 2.07. The molecule has 1 N–H and O–H groups in total. The maximum Gasteiger partial charge on any atom is 0.278 e. The Morgan fingerprint density at radius 3 is 2.74 bits per heavy atom. The predicted octanol–water partition coefficient (Wildman–Crippen LogP) is 4.00. The minimum Gasteiger partial charge on any atom is -0.505 e. The van der Waals surface area contributed by atoms with Crippen molar-refractivity contribution >= 4 is 11.6 Å². The van der Waals surface area contributed by atoms with Crippen molar-refractivity contribution < 1.29 is 14.2 Å². The van der Waals surface area contributed by atoms with Crippen LogP contribution in [-0.2, 0) is 13.5 Å². The fraction of sp³-hybridized carbons (Fsp3) is 0.211. The third-order valence-electron chi connectivity index (χ3n) is 4.10. The number of aromatic hydroxyl groups is 1. The van der Waals surface area contributed by atoms with Gasteiger partial charge < -0.3 is 9.84 Å². The van der Waals surface area contributed by atoms with E-state index in [1.807, 2.05) is 6.92 Å². The lowest BCUT2D eigenvalue weighted by Crippen LogP contribution is -2.22. The number of aromatic nitrogens is 3. The number of rotatable bonds is 4. The summed E-state index contributed by atoms with van der Waals surface area (Å²) in [6.45, 7) is 3.52. The number of pyridine rings is 1. The van der Waals surface area contributed by atoms with E-state index in [4.69, 9.17) is 16.3 Å². The van der Waals surface area contributed by atoms with E-state index in [1.54, 1.807) is 25.1 Å². The fourth-order valence-electron chi connectivity index (χ4n) is 2.76. The van der Waals surface area contributed by atoms with Gasteiger partial charge in [-0.25, -0.2) is 14.1 Å². The molecule has 8 heteroatoms. The minimum atomic E-state index is -0.680. The van der Waals surface area contributed by atoms with Gasteiger partial charge in [0.05, 0.1) is 10.6 Å². The normalized spacial score (nSPS) is 10.9. The number of aryl methyl sites for hydroxylation is 3. The Hall–Kier alpha value is -2.93. The van der Waals surface area contributed by atoms with Crippen LogP contribution in [0.4, 0.5) is 4.39 Å². The Morgan fingerprint density at radius 2 is 2.07 bits per heavy atom. The monoisotopic (exact) mass is 389 g/mol. The molecular formula is C19H17ClFN3O3.